The Morgan fingerprint density at radius 1 is 1.47 bits per heavy atom. The number of H-pyrrole nitrogens is 1. The van der Waals surface area contributed by atoms with Gasteiger partial charge in [-0.3, -0.25) is 4.79 Å². The molecule has 0 aliphatic heterocycles. The quantitative estimate of drug-likeness (QED) is 0.722. The van der Waals surface area contributed by atoms with Crippen molar-refractivity contribution in [2.45, 2.75) is 12.8 Å². The fourth-order valence-corrected chi connectivity index (χ4v) is 1.78. The van der Waals surface area contributed by atoms with E-state index < -0.39 is 11.9 Å². The van der Waals surface area contributed by atoms with Crippen LogP contribution in [-0.4, -0.2) is 27.6 Å². The summed E-state index contributed by atoms with van der Waals surface area (Å²) in [4.78, 5) is 18.4. The fraction of sp³-hybridized carbons (Fsp3) is 0.333. The van der Waals surface area contributed by atoms with Gasteiger partial charge in [0, 0.05) is 13.0 Å². The predicted octanol–water partition coefficient (Wildman–Crippen LogP) is 1.16. The number of aromatic nitrogens is 2. The van der Waals surface area contributed by atoms with Crippen molar-refractivity contribution in [3.05, 3.63) is 30.1 Å². The van der Waals surface area contributed by atoms with Gasteiger partial charge in [0.05, 0.1) is 17.0 Å². The normalized spacial score (nSPS) is 12.8. The summed E-state index contributed by atoms with van der Waals surface area (Å²) in [5.41, 5.74) is 7.28. The topological polar surface area (TPSA) is 92.0 Å². The molecular weight excluding hydrogens is 218 g/mol. The largest absolute Gasteiger partial charge is 0.481 e. The Bertz CT molecular complexity index is 488. The van der Waals surface area contributed by atoms with Gasteiger partial charge in [0.15, 0.2) is 0 Å². The minimum Gasteiger partial charge on any atom is -0.481 e. The fourth-order valence-electron chi connectivity index (χ4n) is 1.78. The molecule has 0 bridgehead atoms. The van der Waals surface area contributed by atoms with Crippen LogP contribution in [0.4, 0.5) is 0 Å². The molecule has 1 aromatic heterocycles. The van der Waals surface area contributed by atoms with Crippen LogP contribution in [0.15, 0.2) is 24.3 Å². The smallest absolute Gasteiger partial charge is 0.307 e. The Labute approximate surface area is 98.7 Å². The van der Waals surface area contributed by atoms with E-state index in [0.29, 0.717) is 12.8 Å². The molecule has 0 saturated carbocycles. The Morgan fingerprint density at radius 2 is 2.24 bits per heavy atom. The third-order valence-corrected chi connectivity index (χ3v) is 2.80. The van der Waals surface area contributed by atoms with Crippen molar-refractivity contribution in [3.63, 3.8) is 0 Å². The molecule has 90 valence electrons. The molecule has 0 saturated heterocycles. The van der Waals surface area contributed by atoms with Crippen molar-refractivity contribution in [1.29, 1.82) is 0 Å². The van der Waals surface area contributed by atoms with E-state index in [1.54, 1.807) is 0 Å². The number of carboxylic acids is 1. The molecule has 5 heteroatoms. The van der Waals surface area contributed by atoms with Gasteiger partial charge in [0.1, 0.15) is 5.82 Å². The average Bonchev–Trinajstić information content (AvgIpc) is 2.71. The first-order valence-electron chi connectivity index (χ1n) is 5.57. The number of fused-ring (bicyclic) bond motifs is 1. The summed E-state index contributed by atoms with van der Waals surface area (Å²) in [6.45, 7) is 0.162. The first-order valence-corrected chi connectivity index (χ1v) is 5.57. The van der Waals surface area contributed by atoms with Crippen molar-refractivity contribution < 1.29 is 9.90 Å². The van der Waals surface area contributed by atoms with Gasteiger partial charge in [-0.1, -0.05) is 12.1 Å². The Balaban J connectivity index is 2.06. The lowest BCUT2D eigenvalue weighted by atomic mass is 10.0. The second kappa shape index (κ2) is 4.97. The molecule has 1 unspecified atom stereocenters. The lowest BCUT2D eigenvalue weighted by molar-refractivity contribution is -0.141. The number of nitrogens with one attached hydrogen (secondary N) is 1. The highest BCUT2D eigenvalue weighted by Crippen LogP contribution is 2.13. The van der Waals surface area contributed by atoms with Crippen LogP contribution >= 0.6 is 0 Å². The zero-order valence-electron chi connectivity index (χ0n) is 9.39. The number of nitrogens with zero attached hydrogens (tertiary/aromatic N) is 1. The molecule has 5 nitrogen and oxygen atoms in total. The number of imidazole rings is 1. The molecule has 0 aliphatic rings. The first-order chi connectivity index (χ1) is 8.20. The van der Waals surface area contributed by atoms with E-state index >= 15 is 0 Å². The number of aromatic amines is 1. The minimum atomic E-state index is -0.844. The summed E-state index contributed by atoms with van der Waals surface area (Å²) in [6.07, 6.45) is 1.11. The molecule has 17 heavy (non-hydrogen) atoms. The van der Waals surface area contributed by atoms with Gasteiger partial charge in [-0.2, -0.15) is 0 Å². The number of aliphatic carboxylic acids is 1. The van der Waals surface area contributed by atoms with Crippen LogP contribution in [0.5, 0.6) is 0 Å². The first kappa shape index (κ1) is 11.6. The average molecular weight is 233 g/mol. The predicted molar refractivity (Wildman–Crippen MR) is 64.6 cm³/mol. The molecule has 0 amide bonds. The van der Waals surface area contributed by atoms with Gasteiger partial charge in [-0.05, 0) is 18.6 Å². The lowest BCUT2D eigenvalue weighted by Gasteiger charge is -2.07. The number of nitrogens with two attached hydrogens (primary N) is 1. The molecule has 2 rings (SSSR count). The van der Waals surface area contributed by atoms with E-state index in [2.05, 4.69) is 9.97 Å². The molecule has 1 heterocycles. The number of hydrogen-bond acceptors (Lipinski definition) is 3. The van der Waals surface area contributed by atoms with Crippen LogP contribution in [0.1, 0.15) is 12.2 Å². The number of para-hydroxylation sites is 2. The highest BCUT2D eigenvalue weighted by molar-refractivity contribution is 5.74. The van der Waals surface area contributed by atoms with Crippen molar-refractivity contribution in [3.8, 4) is 0 Å². The summed E-state index contributed by atoms with van der Waals surface area (Å²) in [7, 11) is 0. The maximum atomic E-state index is 10.8. The summed E-state index contributed by atoms with van der Waals surface area (Å²) < 4.78 is 0. The van der Waals surface area contributed by atoms with E-state index in [4.69, 9.17) is 10.8 Å². The maximum absolute atomic E-state index is 10.8. The van der Waals surface area contributed by atoms with Gasteiger partial charge in [0.25, 0.3) is 0 Å². The van der Waals surface area contributed by atoms with Gasteiger partial charge in [-0.15, -0.1) is 0 Å². The molecule has 1 atom stereocenters. The summed E-state index contributed by atoms with van der Waals surface area (Å²) >= 11 is 0. The van der Waals surface area contributed by atoms with E-state index in [0.717, 1.165) is 16.9 Å². The Hall–Kier alpha value is -1.88. The Kier molecular flexibility index (Phi) is 3.39. The molecule has 0 aliphatic carbocycles. The zero-order valence-corrected chi connectivity index (χ0v) is 9.39. The molecular formula is C12H15N3O2. The number of hydrogen-bond donors (Lipinski definition) is 3. The second-order valence-corrected chi connectivity index (χ2v) is 4.01. The molecule has 4 N–H and O–H groups in total. The third-order valence-electron chi connectivity index (χ3n) is 2.80. The van der Waals surface area contributed by atoms with Crippen molar-refractivity contribution in [1.82, 2.24) is 9.97 Å². The van der Waals surface area contributed by atoms with Crippen LogP contribution in [0.2, 0.25) is 0 Å². The second-order valence-electron chi connectivity index (χ2n) is 4.01. The molecule has 2 aromatic rings. The number of carbonyl (C=O) groups is 1. The van der Waals surface area contributed by atoms with E-state index in [-0.39, 0.29) is 6.54 Å². The van der Waals surface area contributed by atoms with Gasteiger partial charge < -0.3 is 15.8 Å². The minimum absolute atomic E-state index is 0.162. The van der Waals surface area contributed by atoms with E-state index in [1.165, 1.54) is 0 Å². The van der Waals surface area contributed by atoms with Gasteiger partial charge >= 0.3 is 5.97 Å². The van der Waals surface area contributed by atoms with E-state index in [9.17, 15) is 4.79 Å². The summed E-state index contributed by atoms with van der Waals surface area (Å²) in [5, 5.41) is 8.88. The van der Waals surface area contributed by atoms with Gasteiger partial charge in [-0.25, -0.2) is 4.98 Å². The third kappa shape index (κ3) is 2.62. The highest BCUT2D eigenvalue weighted by atomic mass is 16.4. The van der Waals surface area contributed by atoms with Crippen LogP contribution in [0, 0.1) is 5.92 Å². The van der Waals surface area contributed by atoms with Crippen LogP contribution < -0.4 is 5.73 Å². The zero-order chi connectivity index (χ0) is 12.3. The summed E-state index contributed by atoms with van der Waals surface area (Å²) in [6, 6.07) is 7.73. The van der Waals surface area contributed by atoms with Crippen LogP contribution in [-0.2, 0) is 11.2 Å². The number of aryl methyl sites for hydroxylation is 1. The monoisotopic (exact) mass is 233 g/mol. The highest BCUT2D eigenvalue weighted by Gasteiger charge is 2.15. The number of carboxylic acid groups (broad SMARTS) is 1. The standard InChI is InChI=1S/C12H15N3O2/c13-7-8(12(16)17)5-6-11-14-9-3-1-2-4-10(9)15-11/h1-4,8H,5-7,13H2,(H,14,15)(H,16,17). The molecule has 0 spiro atoms. The number of benzene rings is 1. The Morgan fingerprint density at radius 3 is 2.88 bits per heavy atom. The molecule has 0 radical (unpaired) electrons. The van der Waals surface area contributed by atoms with Crippen LogP contribution in [0.3, 0.4) is 0 Å². The molecule has 0 fully saturated rings. The van der Waals surface area contributed by atoms with Crippen LogP contribution in [0.25, 0.3) is 11.0 Å². The van der Waals surface area contributed by atoms with Gasteiger partial charge in [0.2, 0.25) is 0 Å². The SMILES string of the molecule is NCC(CCc1nc2ccccc2[nH]1)C(=O)O. The van der Waals surface area contributed by atoms with Crippen molar-refractivity contribution >= 4 is 17.0 Å². The van der Waals surface area contributed by atoms with Crippen molar-refractivity contribution in [2.75, 3.05) is 6.54 Å². The number of rotatable bonds is 5. The molecule has 1 aromatic carbocycles. The maximum Gasteiger partial charge on any atom is 0.307 e. The van der Waals surface area contributed by atoms with E-state index in [1.807, 2.05) is 24.3 Å². The van der Waals surface area contributed by atoms with Crippen molar-refractivity contribution in [2.24, 2.45) is 11.7 Å². The lowest BCUT2D eigenvalue weighted by Crippen LogP contribution is -2.23. The summed E-state index contributed by atoms with van der Waals surface area (Å²) in [5.74, 6) is -0.530.